The standard InChI is InChI=1S/C17H21NO2/c1-19-16-11-5-9-15(10-6-12-18)17(16)20-13-14-7-3-2-4-8-14/h2-5,7-9,11H,6,10,12-13,18H2,1H3. The molecule has 0 aliphatic rings. The van der Waals surface area contributed by atoms with Crippen LogP contribution in [0.3, 0.4) is 0 Å². The predicted octanol–water partition coefficient (Wildman–Crippen LogP) is 3.17. The molecule has 0 atom stereocenters. The van der Waals surface area contributed by atoms with Crippen LogP contribution in [0.15, 0.2) is 48.5 Å². The van der Waals surface area contributed by atoms with E-state index in [9.17, 15) is 0 Å². The summed E-state index contributed by atoms with van der Waals surface area (Å²) in [4.78, 5) is 0. The summed E-state index contributed by atoms with van der Waals surface area (Å²) in [5.41, 5.74) is 7.88. The van der Waals surface area contributed by atoms with E-state index in [1.54, 1.807) is 7.11 Å². The summed E-state index contributed by atoms with van der Waals surface area (Å²) < 4.78 is 11.4. The Bertz CT molecular complexity index is 526. The zero-order valence-corrected chi connectivity index (χ0v) is 11.8. The molecule has 0 heterocycles. The maximum Gasteiger partial charge on any atom is 0.164 e. The molecule has 0 unspecified atom stereocenters. The number of rotatable bonds is 7. The number of methoxy groups -OCH3 is 1. The Morgan fingerprint density at radius 3 is 2.50 bits per heavy atom. The smallest absolute Gasteiger partial charge is 0.164 e. The van der Waals surface area contributed by atoms with E-state index >= 15 is 0 Å². The second-order valence-corrected chi connectivity index (χ2v) is 4.62. The molecule has 0 aliphatic heterocycles. The van der Waals surface area contributed by atoms with E-state index in [0.717, 1.165) is 35.5 Å². The molecule has 20 heavy (non-hydrogen) atoms. The number of nitrogens with two attached hydrogens (primary N) is 1. The van der Waals surface area contributed by atoms with Gasteiger partial charge in [-0.3, -0.25) is 0 Å². The molecule has 0 aliphatic carbocycles. The maximum absolute atomic E-state index is 5.98. The monoisotopic (exact) mass is 271 g/mol. The van der Waals surface area contributed by atoms with Crippen LogP contribution in [-0.2, 0) is 13.0 Å². The number of hydrogen-bond acceptors (Lipinski definition) is 3. The number of hydrogen-bond donors (Lipinski definition) is 1. The van der Waals surface area contributed by atoms with Crippen molar-refractivity contribution < 1.29 is 9.47 Å². The van der Waals surface area contributed by atoms with Crippen LogP contribution in [-0.4, -0.2) is 13.7 Å². The summed E-state index contributed by atoms with van der Waals surface area (Å²) in [7, 11) is 1.66. The van der Waals surface area contributed by atoms with Gasteiger partial charge in [0.05, 0.1) is 7.11 Å². The van der Waals surface area contributed by atoms with E-state index in [-0.39, 0.29) is 0 Å². The van der Waals surface area contributed by atoms with Gasteiger partial charge in [-0.2, -0.15) is 0 Å². The van der Waals surface area contributed by atoms with Gasteiger partial charge in [-0.15, -0.1) is 0 Å². The highest BCUT2D eigenvalue weighted by molar-refractivity contribution is 5.46. The van der Waals surface area contributed by atoms with Gasteiger partial charge in [0.25, 0.3) is 0 Å². The third-order valence-electron chi connectivity index (χ3n) is 3.16. The fourth-order valence-electron chi connectivity index (χ4n) is 2.10. The first-order valence-electron chi connectivity index (χ1n) is 6.88. The van der Waals surface area contributed by atoms with Crippen LogP contribution in [0.4, 0.5) is 0 Å². The summed E-state index contributed by atoms with van der Waals surface area (Å²) in [6.07, 6.45) is 1.84. The molecule has 0 radical (unpaired) electrons. The van der Waals surface area contributed by atoms with E-state index in [4.69, 9.17) is 15.2 Å². The molecule has 2 rings (SSSR count). The average Bonchev–Trinajstić information content (AvgIpc) is 2.52. The van der Waals surface area contributed by atoms with Crippen LogP contribution in [0.2, 0.25) is 0 Å². The highest BCUT2D eigenvalue weighted by Gasteiger charge is 2.10. The maximum atomic E-state index is 5.98. The third-order valence-corrected chi connectivity index (χ3v) is 3.16. The third kappa shape index (κ3) is 3.75. The number of para-hydroxylation sites is 1. The van der Waals surface area contributed by atoms with Crippen LogP contribution in [0.5, 0.6) is 11.5 Å². The summed E-state index contributed by atoms with van der Waals surface area (Å²) in [6.45, 7) is 1.21. The van der Waals surface area contributed by atoms with Crippen molar-refractivity contribution >= 4 is 0 Å². The van der Waals surface area contributed by atoms with Gasteiger partial charge >= 0.3 is 0 Å². The summed E-state index contributed by atoms with van der Waals surface area (Å²) in [6, 6.07) is 16.1. The molecular weight excluding hydrogens is 250 g/mol. The van der Waals surface area contributed by atoms with Gasteiger partial charge in [0.15, 0.2) is 11.5 Å². The molecule has 3 nitrogen and oxygen atoms in total. The zero-order valence-electron chi connectivity index (χ0n) is 11.8. The van der Waals surface area contributed by atoms with E-state index in [1.165, 1.54) is 0 Å². The molecule has 2 aromatic rings. The first-order valence-corrected chi connectivity index (χ1v) is 6.88. The molecule has 2 N–H and O–H groups in total. The highest BCUT2D eigenvalue weighted by atomic mass is 16.5. The molecule has 0 saturated carbocycles. The van der Waals surface area contributed by atoms with Gasteiger partial charge < -0.3 is 15.2 Å². The minimum atomic E-state index is 0.539. The quantitative estimate of drug-likeness (QED) is 0.841. The summed E-state index contributed by atoms with van der Waals surface area (Å²) in [5.74, 6) is 1.60. The highest BCUT2D eigenvalue weighted by Crippen LogP contribution is 2.32. The van der Waals surface area contributed by atoms with Crippen molar-refractivity contribution in [3.63, 3.8) is 0 Å². The molecule has 3 heteroatoms. The Morgan fingerprint density at radius 1 is 1.00 bits per heavy atom. The van der Waals surface area contributed by atoms with Crippen LogP contribution in [0.25, 0.3) is 0 Å². The van der Waals surface area contributed by atoms with Crippen LogP contribution in [0.1, 0.15) is 17.5 Å². The summed E-state index contributed by atoms with van der Waals surface area (Å²) >= 11 is 0. The van der Waals surface area contributed by atoms with Gasteiger partial charge in [0, 0.05) is 0 Å². The van der Waals surface area contributed by atoms with Gasteiger partial charge in [-0.25, -0.2) is 0 Å². The molecule has 0 bridgehead atoms. The van der Waals surface area contributed by atoms with E-state index in [0.29, 0.717) is 13.2 Å². The summed E-state index contributed by atoms with van der Waals surface area (Å²) in [5, 5.41) is 0. The normalized spacial score (nSPS) is 10.3. The fraction of sp³-hybridized carbons (Fsp3) is 0.294. The van der Waals surface area contributed by atoms with Crippen molar-refractivity contribution in [2.24, 2.45) is 5.73 Å². The molecule has 2 aromatic carbocycles. The van der Waals surface area contributed by atoms with Gasteiger partial charge in [0.1, 0.15) is 6.61 Å². The molecule has 0 saturated heterocycles. The Kier molecular flexibility index (Phi) is 5.44. The Labute approximate surface area is 120 Å². The van der Waals surface area contributed by atoms with Crippen molar-refractivity contribution in [2.75, 3.05) is 13.7 Å². The lowest BCUT2D eigenvalue weighted by Crippen LogP contribution is -2.04. The minimum Gasteiger partial charge on any atom is -0.493 e. The second kappa shape index (κ2) is 7.56. The van der Waals surface area contributed by atoms with Crippen LogP contribution < -0.4 is 15.2 Å². The van der Waals surface area contributed by atoms with Gasteiger partial charge in [-0.1, -0.05) is 42.5 Å². The number of benzene rings is 2. The lowest BCUT2D eigenvalue weighted by atomic mass is 10.1. The SMILES string of the molecule is COc1cccc(CCCN)c1OCc1ccccc1. The van der Waals surface area contributed by atoms with Crippen molar-refractivity contribution in [3.8, 4) is 11.5 Å². The van der Waals surface area contributed by atoms with Crippen molar-refractivity contribution in [1.82, 2.24) is 0 Å². The molecule has 0 spiro atoms. The van der Waals surface area contributed by atoms with Gasteiger partial charge in [0.2, 0.25) is 0 Å². The fourth-order valence-corrected chi connectivity index (χ4v) is 2.10. The van der Waals surface area contributed by atoms with E-state index in [1.807, 2.05) is 30.3 Å². The van der Waals surface area contributed by atoms with Crippen molar-refractivity contribution in [1.29, 1.82) is 0 Å². The first-order chi connectivity index (χ1) is 9.85. The van der Waals surface area contributed by atoms with Gasteiger partial charge in [-0.05, 0) is 36.6 Å². The average molecular weight is 271 g/mol. The largest absolute Gasteiger partial charge is 0.493 e. The molecule has 106 valence electrons. The van der Waals surface area contributed by atoms with Crippen molar-refractivity contribution in [3.05, 3.63) is 59.7 Å². The Hall–Kier alpha value is -2.00. The number of ether oxygens (including phenoxy) is 2. The minimum absolute atomic E-state index is 0.539. The first kappa shape index (κ1) is 14.4. The van der Waals surface area contributed by atoms with E-state index in [2.05, 4.69) is 18.2 Å². The Balaban J connectivity index is 2.15. The topological polar surface area (TPSA) is 44.5 Å². The van der Waals surface area contributed by atoms with Crippen LogP contribution in [0, 0.1) is 0 Å². The number of aryl methyl sites for hydroxylation is 1. The Morgan fingerprint density at radius 2 is 1.80 bits per heavy atom. The van der Waals surface area contributed by atoms with Crippen LogP contribution >= 0.6 is 0 Å². The molecule has 0 fully saturated rings. The molecule has 0 aromatic heterocycles. The second-order valence-electron chi connectivity index (χ2n) is 4.62. The molecule has 0 amide bonds. The lowest BCUT2D eigenvalue weighted by Gasteiger charge is -2.15. The zero-order chi connectivity index (χ0) is 14.2. The lowest BCUT2D eigenvalue weighted by molar-refractivity contribution is 0.281. The van der Waals surface area contributed by atoms with E-state index < -0.39 is 0 Å². The predicted molar refractivity (Wildman–Crippen MR) is 81.1 cm³/mol. The van der Waals surface area contributed by atoms with Crippen molar-refractivity contribution in [2.45, 2.75) is 19.4 Å². The molecular formula is C17H21NO2.